The Bertz CT molecular complexity index is 1840. The fraction of sp³-hybridized carbons (Fsp3) is 0.147. The predicted octanol–water partition coefficient (Wildman–Crippen LogP) is 6.92. The van der Waals surface area contributed by atoms with Crippen LogP contribution < -0.4 is 10.3 Å². The highest BCUT2D eigenvalue weighted by Crippen LogP contribution is 2.39. The summed E-state index contributed by atoms with van der Waals surface area (Å²) in [6.45, 7) is 0. The number of aromatic nitrogens is 1. The van der Waals surface area contributed by atoms with E-state index in [2.05, 4.69) is 4.98 Å². The number of nitrogens with one attached hydrogen (secondary N) is 1. The van der Waals surface area contributed by atoms with E-state index in [1.807, 2.05) is 91.0 Å². The minimum atomic E-state index is -0.877. The molecule has 2 heterocycles. The average molecular weight is 578 g/mol. The number of rotatable bonds is 7. The molecule has 0 bridgehead atoms. The molecule has 0 fully saturated rings. The SMILES string of the molecule is COc1ccc([C@H]2CC(c3c(-c4ccccc4)c4cc(Cl)ccc4[nH]c3=O)=NN2C(=O)[C@H](OC)c2ccccc2)cc1. The van der Waals surface area contributed by atoms with E-state index in [9.17, 15) is 9.59 Å². The summed E-state index contributed by atoms with van der Waals surface area (Å²) >= 11 is 6.43. The van der Waals surface area contributed by atoms with Gasteiger partial charge in [-0.3, -0.25) is 9.59 Å². The Balaban J connectivity index is 1.54. The van der Waals surface area contributed by atoms with Crippen LogP contribution in [0, 0.1) is 0 Å². The summed E-state index contributed by atoms with van der Waals surface area (Å²) in [6, 6.07) is 31.4. The first kappa shape index (κ1) is 27.4. The van der Waals surface area contributed by atoms with Crippen LogP contribution in [0.5, 0.6) is 5.75 Å². The molecule has 0 saturated carbocycles. The maximum atomic E-state index is 14.1. The van der Waals surface area contributed by atoms with Crippen LogP contribution in [0.2, 0.25) is 5.02 Å². The number of hydrazone groups is 1. The molecule has 2 atom stereocenters. The van der Waals surface area contributed by atoms with Crippen molar-refractivity contribution < 1.29 is 14.3 Å². The zero-order chi connectivity index (χ0) is 29.2. The van der Waals surface area contributed by atoms with E-state index in [1.54, 1.807) is 19.2 Å². The van der Waals surface area contributed by atoms with Gasteiger partial charge in [0.15, 0.2) is 6.10 Å². The van der Waals surface area contributed by atoms with Gasteiger partial charge in [-0.1, -0.05) is 84.4 Å². The molecule has 8 heteroatoms. The van der Waals surface area contributed by atoms with Crippen molar-refractivity contribution >= 4 is 34.1 Å². The number of carbonyl (C=O) groups is 1. The third kappa shape index (κ3) is 5.09. The van der Waals surface area contributed by atoms with Crippen molar-refractivity contribution in [2.24, 2.45) is 5.10 Å². The molecule has 1 aliphatic heterocycles. The number of methoxy groups -OCH3 is 2. The predicted molar refractivity (Wildman–Crippen MR) is 165 cm³/mol. The van der Waals surface area contributed by atoms with Crippen molar-refractivity contribution in [1.82, 2.24) is 9.99 Å². The number of ether oxygens (including phenoxy) is 2. The topological polar surface area (TPSA) is 84.0 Å². The van der Waals surface area contributed by atoms with Crippen molar-refractivity contribution in [3.8, 4) is 16.9 Å². The second-order valence-electron chi connectivity index (χ2n) is 10.0. The van der Waals surface area contributed by atoms with E-state index in [0.29, 0.717) is 45.1 Å². The third-order valence-electron chi connectivity index (χ3n) is 7.53. The molecule has 1 amide bonds. The first-order valence-electron chi connectivity index (χ1n) is 13.5. The first-order valence-corrected chi connectivity index (χ1v) is 13.9. The normalized spacial score (nSPS) is 15.5. The van der Waals surface area contributed by atoms with Gasteiger partial charge in [0, 0.05) is 35.0 Å². The quantitative estimate of drug-likeness (QED) is 0.227. The highest BCUT2D eigenvalue weighted by Gasteiger charge is 2.38. The Hall–Kier alpha value is -4.72. The highest BCUT2D eigenvalue weighted by molar-refractivity contribution is 6.31. The van der Waals surface area contributed by atoms with Crippen molar-refractivity contribution in [2.45, 2.75) is 18.6 Å². The van der Waals surface area contributed by atoms with E-state index in [4.69, 9.17) is 26.2 Å². The average Bonchev–Trinajstić information content (AvgIpc) is 3.47. The van der Waals surface area contributed by atoms with Crippen LogP contribution in [0.1, 0.15) is 35.3 Å². The van der Waals surface area contributed by atoms with Crippen molar-refractivity contribution in [3.63, 3.8) is 0 Å². The van der Waals surface area contributed by atoms with Gasteiger partial charge in [0.05, 0.1) is 24.4 Å². The number of carbonyl (C=O) groups excluding carboxylic acids is 1. The molecule has 6 rings (SSSR count). The number of amides is 1. The molecule has 0 spiro atoms. The lowest BCUT2D eigenvalue weighted by atomic mass is 9.91. The van der Waals surface area contributed by atoms with E-state index >= 15 is 0 Å². The Morgan fingerprint density at radius 3 is 2.29 bits per heavy atom. The summed E-state index contributed by atoms with van der Waals surface area (Å²) in [5.41, 5.74) is 4.39. The van der Waals surface area contributed by atoms with Crippen LogP contribution in [-0.2, 0) is 9.53 Å². The summed E-state index contributed by atoms with van der Waals surface area (Å²) in [7, 11) is 3.11. The fourth-order valence-electron chi connectivity index (χ4n) is 5.52. The Morgan fingerprint density at radius 1 is 0.929 bits per heavy atom. The Morgan fingerprint density at radius 2 is 1.62 bits per heavy atom. The maximum absolute atomic E-state index is 14.1. The van der Waals surface area contributed by atoms with Gasteiger partial charge < -0.3 is 14.5 Å². The lowest BCUT2D eigenvalue weighted by Gasteiger charge is -2.26. The van der Waals surface area contributed by atoms with Crippen molar-refractivity contribution in [3.05, 3.63) is 135 Å². The van der Waals surface area contributed by atoms with Crippen LogP contribution in [0.4, 0.5) is 0 Å². The summed E-state index contributed by atoms with van der Waals surface area (Å²) in [5.74, 6) is 0.366. The van der Waals surface area contributed by atoms with Gasteiger partial charge in [-0.25, -0.2) is 5.01 Å². The molecule has 1 aromatic heterocycles. The number of benzene rings is 4. The van der Waals surface area contributed by atoms with E-state index in [1.165, 1.54) is 12.1 Å². The number of fused-ring (bicyclic) bond motifs is 1. The molecule has 1 aliphatic rings. The van der Waals surface area contributed by atoms with Gasteiger partial charge >= 0.3 is 0 Å². The fourth-order valence-corrected chi connectivity index (χ4v) is 5.70. The van der Waals surface area contributed by atoms with Gasteiger partial charge in [-0.2, -0.15) is 5.10 Å². The number of halogens is 1. The van der Waals surface area contributed by atoms with E-state index < -0.39 is 12.1 Å². The highest BCUT2D eigenvalue weighted by atomic mass is 35.5. The standard InChI is InChI=1S/C34H28ClN3O4/c1-41-25-16-13-21(14-17-25)29-20-28(37-38(29)34(40)32(42-2)23-11-7-4-8-12-23)31-30(22-9-5-3-6-10-22)26-19-24(35)15-18-27(26)36-33(31)39/h3-19,29,32H,20H2,1-2H3,(H,36,39)/t29-,32-/m1/s1. The second kappa shape index (κ2) is 11.6. The van der Waals surface area contributed by atoms with Crippen LogP contribution in [0.15, 0.2) is 113 Å². The molecule has 42 heavy (non-hydrogen) atoms. The van der Waals surface area contributed by atoms with Crippen molar-refractivity contribution in [2.75, 3.05) is 14.2 Å². The maximum Gasteiger partial charge on any atom is 0.276 e. The molecule has 4 aromatic carbocycles. The van der Waals surface area contributed by atoms with Crippen LogP contribution in [0.3, 0.4) is 0 Å². The largest absolute Gasteiger partial charge is 0.497 e. The summed E-state index contributed by atoms with van der Waals surface area (Å²) in [5, 5.41) is 7.65. The number of H-pyrrole nitrogens is 1. The van der Waals surface area contributed by atoms with Gasteiger partial charge in [-0.15, -0.1) is 0 Å². The molecule has 1 N–H and O–H groups in total. The number of pyridine rings is 1. The molecule has 0 unspecified atom stereocenters. The first-order chi connectivity index (χ1) is 20.5. The van der Waals surface area contributed by atoms with Gasteiger partial charge in [0.25, 0.3) is 11.5 Å². The van der Waals surface area contributed by atoms with Gasteiger partial charge in [0.2, 0.25) is 0 Å². The molecule has 0 aliphatic carbocycles. The summed E-state index contributed by atoms with van der Waals surface area (Å²) in [6.07, 6.45) is -0.560. The molecule has 0 saturated heterocycles. The number of hydrogen-bond acceptors (Lipinski definition) is 5. The van der Waals surface area contributed by atoms with Crippen LogP contribution in [-0.4, -0.2) is 35.8 Å². The zero-order valence-electron chi connectivity index (χ0n) is 23.1. The van der Waals surface area contributed by atoms with Gasteiger partial charge in [0.1, 0.15) is 5.75 Å². The minimum absolute atomic E-state index is 0.295. The molecule has 0 radical (unpaired) electrons. The van der Waals surface area contributed by atoms with E-state index in [-0.39, 0.29) is 11.5 Å². The lowest BCUT2D eigenvalue weighted by molar-refractivity contribution is -0.144. The molecule has 5 aromatic rings. The lowest BCUT2D eigenvalue weighted by Crippen LogP contribution is -2.32. The summed E-state index contributed by atoms with van der Waals surface area (Å²) in [4.78, 5) is 30.9. The monoisotopic (exact) mass is 577 g/mol. The number of nitrogens with zero attached hydrogens (tertiary/aromatic N) is 2. The molecule has 7 nitrogen and oxygen atoms in total. The molecular formula is C34H28ClN3O4. The van der Waals surface area contributed by atoms with Crippen LogP contribution in [0.25, 0.3) is 22.0 Å². The second-order valence-corrected chi connectivity index (χ2v) is 10.4. The number of aromatic amines is 1. The van der Waals surface area contributed by atoms with Crippen LogP contribution >= 0.6 is 11.6 Å². The Kier molecular flexibility index (Phi) is 7.61. The third-order valence-corrected chi connectivity index (χ3v) is 7.76. The van der Waals surface area contributed by atoms with E-state index in [0.717, 1.165) is 16.5 Å². The minimum Gasteiger partial charge on any atom is -0.497 e. The zero-order valence-corrected chi connectivity index (χ0v) is 23.8. The summed E-state index contributed by atoms with van der Waals surface area (Å²) < 4.78 is 11.1. The molecular weight excluding hydrogens is 550 g/mol. The smallest absolute Gasteiger partial charge is 0.276 e. The molecule has 210 valence electrons. The Labute approximate surface area is 248 Å². The van der Waals surface area contributed by atoms with Crippen molar-refractivity contribution in [1.29, 1.82) is 0 Å². The van der Waals surface area contributed by atoms with Gasteiger partial charge in [-0.05, 0) is 47.0 Å². The number of hydrogen-bond donors (Lipinski definition) is 1.